The highest BCUT2D eigenvalue weighted by Crippen LogP contribution is 2.21. The number of sulfonamides is 1. The molecule has 0 heterocycles. The summed E-state index contributed by atoms with van der Waals surface area (Å²) in [7, 11) is -3.93. The maximum absolute atomic E-state index is 12.6. The maximum atomic E-state index is 12.6. The summed E-state index contributed by atoms with van der Waals surface area (Å²) in [5, 5.41) is 6.98. The summed E-state index contributed by atoms with van der Waals surface area (Å²) in [6.45, 7) is 1.83. The molecule has 0 aromatic heterocycles. The number of amides is 1. The van der Waals surface area contributed by atoms with Crippen LogP contribution in [0.2, 0.25) is 0 Å². The van der Waals surface area contributed by atoms with Gasteiger partial charge in [-0.2, -0.15) is 0 Å². The highest BCUT2D eigenvalue weighted by molar-refractivity contribution is 7.90. The van der Waals surface area contributed by atoms with E-state index in [2.05, 4.69) is 17.4 Å². The van der Waals surface area contributed by atoms with Gasteiger partial charge in [-0.25, -0.2) is 13.6 Å². The molecule has 0 saturated heterocycles. The minimum Gasteiger partial charge on any atom is -0.348 e. The van der Waals surface area contributed by atoms with Crippen LogP contribution >= 0.6 is 0 Å². The van der Waals surface area contributed by atoms with Gasteiger partial charge in [0.25, 0.3) is 0 Å². The second kappa shape index (κ2) is 10.2. The average molecular weight is 389 g/mol. The summed E-state index contributed by atoms with van der Waals surface area (Å²) in [5.74, 6) is -0.520. The molecule has 2 aromatic carbocycles. The van der Waals surface area contributed by atoms with Gasteiger partial charge in [0.1, 0.15) is 0 Å². The third-order valence-corrected chi connectivity index (χ3v) is 5.80. The zero-order valence-corrected chi connectivity index (χ0v) is 16.5. The van der Waals surface area contributed by atoms with E-state index in [4.69, 9.17) is 5.14 Å². The topological polar surface area (TPSA) is 89.3 Å². The van der Waals surface area contributed by atoms with Crippen molar-refractivity contribution in [2.75, 3.05) is 0 Å². The Balaban J connectivity index is 2.09. The van der Waals surface area contributed by atoms with E-state index in [1.54, 1.807) is 0 Å². The predicted molar refractivity (Wildman–Crippen MR) is 109 cm³/mol. The zero-order valence-electron chi connectivity index (χ0n) is 15.7. The fraction of sp³-hybridized carbons (Fsp3) is 0.381. The van der Waals surface area contributed by atoms with Crippen LogP contribution in [0, 0.1) is 0 Å². The molecular formula is C21H28N2O3S. The van der Waals surface area contributed by atoms with Crippen molar-refractivity contribution in [3.8, 4) is 0 Å². The number of hydrogen-bond donors (Lipinski definition) is 2. The second-order valence-electron chi connectivity index (χ2n) is 6.72. The molecule has 0 aliphatic carbocycles. The molecule has 0 bridgehead atoms. The number of nitrogens with two attached hydrogens (primary N) is 1. The van der Waals surface area contributed by atoms with E-state index in [1.807, 2.05) is 55.5 Å². The molecule has 0 aliphatic heterocycles. The molecule has 5 nitrogen and oxygen atoms in total. The Kier molecular flexibility index (Phi) is 8.00. The van der Waals surface area contributed by atoms with Crippen LogP contribution in [0.15, 0.2) is 60.7 Å². The van der Waals surface area contributed by atoms with E-state index < -0.39 is 21.2 Å². The molecule has 0 radical (unpaired) electrons. The van der Waals surface area contributed by atoms with Crippen LogP contribution in [0.3, 0.4) is 0 Å². The van der Waals surface area contributed by atoms with Crippen LogP contribution in [0.4, 0.5) is 0 Å². The molecule has 6 heteroatoms. The van der Waals surface area contributed by atoms with Crippen molar-refractivity contribution < 1.29 is 13.2 Å². The lowest BCUT2D eigenvalue weighted by molar-refractivity contribution is -0.121. The summed E-state index contributed by atoms with van der Waals surface area (Å²) < 4.78 is 23.6. The van der Waals surface area contributed by atoms with Gasteiger partial charge in [0.05, 0.1) is 6.04 Å². The largest absolute Gasteiger partial charge is 0.348 e. The number of aryl methyl sites for hydroxylation is 1. The molecule has 1 amide bonds. The first-order valence-electron chi connectivity index (χ1n) is 9.32. The smallest absolute Gasteiger partial charge is 0.240 e. The molecule has 3 N–H and O–H groups in total. The number of carbonyl (C=O) groups excluding carboxylic acids is 1. The Morgan fingerprint density at radius 2 is 1.59 bits per heavy atom. The van der Waals surface area contributed by atoms with E-state index in [0.29, 0.717) is 12.8 Å². The Bertz CT molecular complexity index is 808. The van der Waals surface area contributed by atoms with Crippen LogP contribution in [0.1, 0.15) is 49.8 Å². The zero-order chi connectivity index (χ0) is 19.7. The molecule has 27 heavy (non-hydrogen) atoms. The van der Waals surface area contributed by atoms with Gasteiger partial charge < -0.3 is 5.32 Å². The van der Waals surface area contributed by atoms with Crippen LogP contribution in [0.25, 0.3) is 0 Å². The fourth-order valence-electron chi connectivity index (χ4n) is 3.13. The quantitative estimate of drug-likeness (QED) is 0.654. The van der Waals surface area contributed by atoms with E-state index in [9.17, 15) is 13.2 Å². The lowest BCUT2D eigenvalue weighted by Gasteiger charge is -2.22. The molecule has 2 unspecified atom stereocenters. The molecule has 2 aromatic rings. The van der Waals surface area contributed by atoms with Gasteiger partial charge in [0.2, 0.25) is 15.9 Å². The second-order valence-corrected chi connectivity index (χ2v) is 8.46. The van der Waals surface area contributed by atoms with Crippen molar-refractivity contribution >= 4 is 15.9 Å². The van der Waals surface area contributed by atoms with E-state index >= 15 is 0 Å². The SMILES string of the molecule is CCCC(C(=O)NC(CCCc1ccccc1)c1ccccc1)S(N)(=O)=O. The summed E-state index contributed by atoms with van der Waals surface area (Å²) >= 11 is 0. The molecule has 146 valence electrons. The van der Waals surface area contributed by atoms with Gasteiger partial charge in [-0.3, -0.25) is 4.79 Å². The number of benzene rings is 2. The minimum absolute atomic E-state index is 0.218. The predicted octanol–water partition coefficient (Wildman–Crippen LogP) is 3.32. The van der Waals surface area contributed by atoms with Crippen molar-refractivity contribution in [1.82, 2.24) is 5.32 Å². The molecule has 0 spiro atoms. The monoisotopic (exact) mass is 388 g/mol. The lowest BCUT2D eigenvalue weighted by Crippen LogP contribution is -2.44. The van der Waals surface area contributed by atoms with E-state index in [-0.39, 0.29) is 12.5 Å². The van der Waals surface area contributed by atoms with Gasteiger partial charge in [-0.1, -0.05) is 74.0 Å². The standard InChI is InChI=1S/C21H28N2O3S/c1-2-10-20(27(22,25)26)21(24)23-19(18-14-7-4-8-15-18)16-9-13-17-11-5-3-6-12-17/h3-8,11-12,14-15,19-20H,2,9-10,13,16H2,1H3,(H,23,24)(H2,22,25,26). The molecule has 2 rings (SSSR count). The fourth-order valence-corrected chi connectivity index (χ4v) is 4.06. The summed E-state index contributed by atoms with van der Waals surface area (Å²) in [5.41, 5.74) is 2.20. The van der Waals surface area contributed by atoms with Crippen molar-refractivity contribution in [3.05, 3.63) is 71.8 Å². The summed E-state index contributed by atoms with van der Waals surface area (Å²) in [4.78, 5) is 12.6. The molecule has 0 aliphatic rings. The van der Waals surface area contributed by atoms with Crippen molar-refractivity contribution in [2.24, 2.45) is 5.14 Å². The first-order chi connectivity index (χ1) is 12.9. The number of nitrogens with one attached hydrogen (secondary N) is 1. The van der Waals surface area contributed by atoms with Crippen molar-refractivity contribution in [1.29, 1.82) is 0 Å². The lowest BCUT2D eigenvalue weighted by atomic mass is 9.98. The van der Waals surface area contributed by atoms with Crippen LogP contribution in [-0.2, 0) is 21.2 Å². The summed E-state index contributed by atoms with van der Waals surface area (Å²) in [6.07, 6.45) is 3.27. The number of primary sulfonamides is 1. The van der Waals surface area contributed by atoms with Gasteiger partial charge in [-0.05, 0) is 36.8 Å². The Labute approximate surface area is 162 Å². The molecule has 2 atom stereocenters. The van der Waals surface area contributed by atoms with Gasteiger partial charge in [0, 0.05) is 0 Å². The Morgan fingerprint density at radius 3 is 2.15 bits per heavy atom. The molecule has 0 saturated carbocycles. The molecular weight excluding hydrogens is 360 g/mol. The highest BCUT2D eigenvalue weighted by atomic mass is 32.2. The van der Waals surface area contributed by atoms with Gasteiger partial charge in [-0.15, -0.1) is 0 Å². The van der Waals surface area contributed by atoms with E-state index in [1.165, 1.54) is 5.56 Å². The van der Waals surface area contributed by atoms with Gasteiger partial charge >= 0.3 is 0 Å². The first-order valence-corrected chi connectivity index (χ1v) is 10.9. The van der Waals surface area contributed by atoms with E-state index in [0.717, 1.165) is 18.4 Å². The summed E-state index contributed by atoms with van der Waals surface area (Å²) in [6, 6.07) is 19.5. The average Bonchev–Trinajstić information content (AvgIpc) is 2.66. The third-order valence-electron chi connectivity index (χ3n) is 4.56. The maximum Gasteiger partial charge on any atom is 0.240 e. The van der Waals surface area contributed by atoms with Crippen LogP contribution in [0.5, 0.6) is 0 Å². The Hall–Kier alpha value is -2.18. The highest BCUT2D eigenvalue weighted by Gasteiger charge is 2.30. The van der Waals surface area contributed by atoms with Crippen molar-refractivity contribution in [3.63, 3.8) is 0 Å². The number of rotatable bonds is 10. The molecule has 0 fully saturated rings. The third kappa shape index (κ3) is 6.81. The normalized spacial score (nSPS) is 13.7. The first kappa shape index (κ1) is 21.1. The van der Waals surface area contributed by atoms with Gasteiger partial charge in [0.15, 0.2) is 5.25 Å². The van der Waals surface area contributed by atoms with Crippen LogP contribution < -0.4 is 10.5 Å². The number of hydrogen-bond acceptors (Lipinski definition) is 3. The Morgan fingerprint density at radius 1 is 1.00 bits per heavy atom. The minimum atomic E-state index is -3.93. The van der Waals surface area contributed by atoms with Crippen molar-refractivity contribution in [2.45, 2.75) is 50.3 Å². The van der Waals surface area contributed by atoms with Crippen LogP contribution in [-0.4, -0.2) is 19.6 Å². The number of carbonyl (C=O) groups is 1.